The van der Waals surface area contributed by atoms with Crippen molar-refractivity contribution >= 4 is 45.6 Å². The predicted molar refractivity (Wildman–Crippen MR) is 122 cm³/mol. The summed E-state index contributed by atoms with van der Waals surface area (Å²) < 4.78 is 0. The second kappa shape index (κ2) is 8.43. The highest BCUT2D eigenvalue weighted by molar-refractivity contribution is 6.31. The molecular weight excluding hydrogens is 384 g/mol. The van der Waals surface area contributed by atoms with Crippen LogP contribution in [-0.4, -0.2) is 29.1 Å². The number of para-hydroxylation sites is 1. The van der Waals surface area contributed by atoms with Crippen LogP contribution in [0.2, 0.25) is 5.02 Å². The third-order valence-corrected chi connectivity index (χ3v) is 5.72. The fourth-order valence-electron chi connectivity index (χ4n) is 3.40. The van der Waals surface area contributed by atoms with E-state index in [1.165, 1.54) is 12.8 Å². The maximum Gasteiger partial charge on any atom is 0.229 e. The number of fused-ring (bicyclic) bond motifs is 1. The fourth-order valence-corrected chi connectivity index (χ4v) is 3.58. The molecule has 1 aliphatic rings. The van der Waals surface area contributed by atoms with E-state index in [0.717, 1.165) is 33.7 Å². The summed E-state index contributed by atoms with van der Waals surface area (Å²) in [5, 5.41) is 12.0. The van der Waals surface area contributed by atoms with Gasteiger partial charge in [-0.25, -0.2) is 4.98 Å². The average Bonchev–Trinajstić information content (AvgIpc) is 3.55. The van der Waals surface area contributed by atoms with Crippen molar-refractivity contribution in [3.8, 4) is 0 Å². The molecule has 3 aromatic rings. The number of nitrogens with zero attached hydrogens (tertiary/aromatic N) is 2. The van der Waals surface area contributed by atoms with Gasteiger partial charge in [-0.15, -0.1) is 0 Å². The predicted octanol–water partition coefficient (Wildman–Crippen LogP) is 4.92. The zero-order valence-corrected chi connectivity index (χ0v) is 17.6. The largest absolute Gasteiger partial charge is 0.382 e. The molecule has 1 atom stereocenters. The molecule has 0 amide bonds. The summed E-state index contributed by atoms with van der Waals surface area (Å²) in [4.78, 5) is 9.59. The molecule has 6 nitrogen and oxygen atoms in total. The molecule has 2 aromatic carbocycles. The van der Waals surface area contributed by atoms with E-state index in [9.17, 15) is 0 Å². The first-order chi connectivity index (χ1) is 14.0. The molecule has 1 heterocycles. The number of aryl methyl sites for hydroxylation is 1. The van der Waals surface area contributed by atoms with Crippen molar-refractivity contribution in [1.82, 2.24) is 9.97 Å². The summed E-state index contributed by atoms with van der Waals surface area (Å²) in [7, 11) is 0. The summed E-state index contributed by atoms with van der Waals surface area (Å²) >= 11 is 6.28. The van der Waals surface area contributed by atoms with Gasteiger partial charge >= 0.3 is 0 Å². The number of anilines is 4. The Hall–Kier alpha value is -2.57. The Morgan fingerprint density at radius 2 is 2.03 bits per heavy atom. The van der Waals surface area contributed by atoms with Gasteiger partial charge < -0.3 is 21.7 Å². The standard InChI is InChI=1S/C22H27ClN6/c1-13-6-9-16(12-18(13)23)27-22-28-20-17(4-3-5-19(20)25-11-10-24)21(29-22)26-14(2)15-7-8-15/h3-6,9,12,14-15,25H,7-8,10-11,24H2,1-2H3,(H2,26,27,28,29)/t14-/m1/s1. The second-order valence-corrected chi connectivity index (χ2v) is 8.08. The summed E-state index contributed by atoms with van der Waals surface area (Å²) in [5.41, 5.74) is 9.38. The first-order valence-electron chi connectivity index (χ1n) is 10.1. The van der Waals surface area contributed by atoms with E-state index in [4.69, 9.17) is 27.3 Å². The lowest BCUT2D eigenvalue weighted by molar-refractivity contribution is 0.691. The smallest absolute Gasteiger partial charge is 0.229 e. The van der Waals surface area contributed by atoms with E-state index in [2.05, 4.69) is 28.9 Å². The molecule has 0 spiro atoms. The number of rotatable bonds is 8. The first-order valence-corrected chi connectivity index (χ1v) is 10.5. The molecule has 1 aromatic heterocycles. The summed E-state index contributed by atoms with van der Waals surface area (Å²) in [6, 6.07) is 12.3. The highest BCUT2D eigenvalue weighted by atomic mass is 35.5. The van der Waals surface area contributed by atoms with Crippen molar-refractivity contribution in [2.24, 2.45) is 11.7 Å². The van der Waals surface area contributed by atoms with E-state index in [1.54, 1.807) is 0 Å². The van der Waals surface area contributed by atoms with Crippen LogP contribution in [0.25, 0.3) is 10.9 Å². The van der Waals surface area contributed by atoms with E-state index in [0.29, 0.717) is 36.0 Å². The molecule has 0 aliphatic heterocycles. The van der Waals surface area contributed by atoms with Crippen LogP contribution in [0.1, 0.15) is 25.3 Å². The Bertz CT molecular complexity index is 1020. The minimum Gasteiger partial charge on any atom is -0.382 e. The molecule has 7 heteroatoms. The van der Waals surface area contributed by atoms with Gasteiger partial charge in [-0.2, -0.15) is 4.98 Å². The molecule has 0 radical (unpaired) electrons. The van der Waals surface area contributed by atoms with Gasteiger partial charge in [0.05, 0.1) is 5.69 Å². The van der Waals surface area contributed by atoms with Crippen molar-refractivity contribution in [2.75, 3.05) is 29.0 Å². The van der Waals surface area contributed by atoms with Crippen LogP contribution in [0, 0.1) is 12.8 Å². The molecule has 5 N–H and O–H groups in total. The Balaban J connectivity index is 1.74. The van der Waals surface area contributed by atoms with Crippen molar-refractivity contribution in [1.29, 1.82) is 0 Å². The number of hydrogen-bond donors (Lipinski definition) is 4. The van der Waals surface area contributed by atoms with Crippen molar-refractivity contribution in [3.05, 3.63) is 47.0 Å². The number of nitrogens with two attached hydrogens (primary N) is 1. The first kappa shape index (κ1) is 19.7. The fraction of sp³-hybridized carbons (Fsp3) is 0.364. The Morgan fingerprint density at radius 3 is 2.76 bits per heavy atom. The highest BCUT2D eigenvalue weighted by Crippen LogP contribution is 2.36. The van der Waals surface area contributed by atoms with Crippen LogP contribution in [0.5, 0.6) is 0 Å². The SMILES string of the molecule is Cc1ccc(Nc2nc(N[C@H](C)C3CC3)c3cccc(NCCN)c3n2)cc1Cl. The van der Waals surface area contributed by atoms with Crippen LogP contribution < -0.4 is 21.7 Å². The van der Waals surface area contributed by atoms with Gasteiger partial charge in [-0.05, 0) is 62.4 Å². The van der Waals surface area contributed by atoms with Gasteiger partial charge in [0.25, 0.3) is 0 Å². The average molecular weight is 411 g/mol. The minimum absolute atomic E-state index is 0.371. The third-order valence-electron chi connectivity index (χ3n) is 5.31. The monoisotopic (exact) mass is 410 g/mol. The summed E-state index contributed by atoms with van der Waals surface area (Å²) in [6.45, 7) is 5.43. The maximum atomic E-state index is 6.28. The van der Waals surface area contributed by atoms with Gasteiger partial charge in [-0.3, -0.25) is 0 Å². The normalized spacial score (nSPS) is 14.6. The van der Waals surface area contributed by atoms with Crippen LogP contribution in [0.15, 0.2) is 36.4 Å². The number of nitrogens with one attached hydrogen (secondary N) is 3. The number of aromatic nitrogens is 2. The molecular formula is C22H27ClN6. The van der Waals surface area contributed by atoms with E-state index >= 15 is 0 Å². The molecule has 4 rings (SSSR count). The Labute approximate surface area is 176 Å². The van der Waals surface area contributed by atoms with Crippen LogP contribution in [0.3, 0.4) is 0 Å². The molecule has 0 bridgehead atoms. The van der Waals surface area contributed by atoms with Crippen molar-refractivity contribution in [3.63, 3.8) is 0 Å². The zero-order valence-electron chi connectivity index (χ0n) is 16.8. The van der Waals surface area contributed by atoms with Gasteiger partial charge in [0.15, 0.2) is 0 Å². The van der Waals surface area contributed by atoms with Gasteiger partial charge in [0.2, 0.25) is 5.95 Å². The summed E-state index contributed by atoms with van der Waals surface area (Å²) in [5.74, 6) is 2.09. The lowest BCUT2D eigenvalue weighted by Gasteiger charge is -2.18. The Kier molecular flexibility index (Phi) is 5.74. The molecule has 152 valence electrons. The molecule has 1 aliphatic carbocycles. The molecule has 1 fully saturated rings. The Morgan fingerprint density at radius 1 is 1.21 bits per heavy atom. The van der Waals surface area contributed by atoms with Gasteiger partial charge in [0, 0.05) is 35.2 Å². The quantitative estimate of drug-likeness (QED) is 0.421. The van der Waals surface area contributed by atoms with Gasteiger partial charge in [0.1, 0.15) is 11.3 Å². The minimum atomic E-state index is 0.371. The molecule has 0 saturated heterocycles. The molecule has 1 saturated carbocycles. The zero-order chi connectivity index (χ0) is 20.4. The second-order valence-electron chi connectivity index (χ2n) is 7.67. The van der Waals surface area contributed by atoms with Crippen LogP contribution in [-0.2, 0) is 0 Å². The molecule has 0 unspecified atom stereocenters. The van der Waals surface area contributed by atoms with E-state index in [-0.39, 0.29) is 0 Å². The van der Waals surface area contributed by atoms with Crippen LogP contribution >= 0.6 is 11.6 Å². The van der Waals surface area contributed by atoms with Gasteiger partial charge in [-0.1, -0.05) is 23.7 Å². The lowest BCUT2D eigenvalue weighted by Crippen LogP contribution is -2.19. The number of hydrogen-bond acceptors (Lipinski definition) is 6. The van der Waals surface area contributed by atoms with Crippen molar-refractivity contribution < 1.29 is 0 Å². The lowest BCUT2D eigenvalue weighted by atomic mass is 10.1. The number of halogens is 1. The third kappa shape index (κ3) is 4.54. The van der Waals surface area contributed by atoms with Crippen molar-refractivity contribution in [2.45, 2.75) is 32.7 Å². The summed E-state index contributed by atoms with van der Waals surface area (Å²) in [6.07, 6.45) is 2.54. The van der Waals surface area contributed by atoms with E-state index < -0.39 is 0 Å². The highest BCUT2D eigenvalue weighted by Gasteiger charge is 2.28. The maximum absolute atomic E-state index is 6.28. The number of benzene rings is 2. The van der Waals surface area contributed by atoms with Crippen LogP contribution in [0.4, 0.5) is 23.1 Å². The molecule has 29 heavy (non-hydrogen) atoms. The topological polar surface area (TPSA) is 87.9 Å². The van der Waals surface area contributed by atoms with E-state index in [1.807, 2.05) is 37.3 Å².